The van der Waals surface area contributed by atoms with Gasteiger partial charge in [-0.05, 0) is 43.4 Å². The van der Waals surface area contributed by atoms with Crippen LogP contribution in [0.2, 0.25) is 0 Å². The predicted octanol–water partition coefficient (Wildman–Crippen LogP) is 1.94. The van der Waals surface area contributed by atoms with Crippen molar-refractivity contribution in [3.63, 3.8) is 0 Å². The first-order valence-corrected chi connectivity index (χ1v) is 9.22. The van der Waals surface area contributed by atoms with Gasteiger partial charge in [0, 0.05) is 32.0 Å². The third kappa shape index (κ3) is 3.80. The fraction of sp³-hybridized carbons (Fsp3) is 0.421. The highest BCUT2D eigenvalue weighted by molar-refractivity contribution is 5.91. The summed E-state index contributed by atoms with van der Waals surface area (Å²) in [4.78, 5) is 22.9. The van der Waals surface area contributed by atoms with Gasteiger partial charge in [-0.2, -0.15) is 0 Å². The average molecular weight is 365 g/mol. The number of carbonyl (C=O) groups excluding carboxylic acids is 1. The number of rotatable bonds is 4. The van der Waals surface area contributed by atoms with Crippen molar-refractivity contribution in [2.75, 3.05) is 7.05 Å². The van der Waals surface area contributed by atoms with Crippen molar-refractivity contribution >= 4 is 16.9 Å². The number of aromatic nitrogens is 5. The lowest BCUT2D eigenvalue weighted by Gasteiger charge is -2.25. The molecule has 0 spiro atoms. The first-order chi connectivity index (χ1) is 13.1. The third-order valence-electron chi connectivity index (χ3n) is 5.15. The molecule has 1 aliphatic carbocycles. The van der Waals surface area contributed by atoms with Crippen molar-refractivity contribution < 1.29 is 4.79 Å². The lowest BCUT2D eigenvalue weighted by atomic mass is 9.92. The van der Waals surface area contributed by atoms with E-state index in [9.17, 15) is 4.79 Å². The zero-order chi connectivity index (χ0) is 18.8. The molecule has 1 aliphatic rings. The minimum Gasteiger partial charge on any atom is -0.336 e. The van der Waals surface area contributed by atoms with Crippen molar-refractivity contribution in [3.05, 3.63) is 48.0 Å². The van der Waals surface area contributed by atoms with Crippen LogP contribution in [0.5, 0.6) is 0 Å². The Hall–Kier alpha value is -2.87. The summed E-state index contributed by atoms with van der Waals surface area (Å²) in [5, 5.41) is 8.27. The lowest BCUT2D eigenvalue weighted by Crippen LogP contribution is -2.28. The number of nitrogens with zero attached hydrogens (tertiary/aromatic N) is 6. The molecule has 2 aromatic heterocycles. The molecule has 2 heterocycles. The standard InChI is InChI=1S/C19H23N7O/c1-25(11-13-2-7-16-17(10-13)22-9-8-21-16)19(27)18-12-26(24-23-18)15-5-3-14(20)4-6-15/h2,7-10,12,14-15H,3-6,11,20H2,1H3. The Kier molecular flexibility index (Phi) is 4.81. The second-order valence-electron chi connectivity index (χ2n) is 7.19. The summed E-state index contributed by atoms with van der Waals surface area (Å²) in [6.45, 7) is 0.469. The van der Waals surface area contributed by atoms with Crippen LogP contribution in [-0.4, -0.2) is 48.9 Å². The van der Waals surface area contributed by atoms with E-state index in [1.165, 1.54) is 0 Å². The van der Waals surface area contributed by atoms with Crippen LogP contribution in [0.15, 0.2) is 36.8 Å². The molecule has 4 rings (SSSR count). The number of amides is 1. The van der Waals surface area contributed by atoms with E-state index in [-0.39, 0.29) is 18.0 Å². The van der Waals surface area contributed by atoms with Gasteiger partial charge in [-0.25, -0.2) is 4.68 Å². The molecular weight excluding hydrogens is 342 g/mol. The van der Waals surface area contributed by atoms with E-state index in [1.54, 1.807) is 30.5 Å². The quantitative estimate of drug-likeness (QED) is 0.758. The molecular formula is C19H23N7O. The summed E-state index contributed by atoms with van der Waals surface area (Å²) in [5.41, 5.74) is 8.98. The van der Waals surface area contributed by atoms with Crippen LogP contribution >= 0.6 is 0 Å². The average Bonchev–Trinajstić information content (AvgIpc) is 3.18. The predicted molar refractivity (Wildman–Crippen MR) is 101 cm³/mol. The summed E-state index contributed by atoms with van der Waals surface area (Å²) < 4.78 is 1.82. The van der Waals surface area contributed by atoms with Crippen molar-refractivity contribution in [1.82, 2.24) is 29.9 Å². The second kappa shape index (κ2) is 7.40. The van der Waals surface area contributed by atoms with Crippen LogP contribution in [0.25, 0.3) is 11.0 Å². The van der Waals surface area contributed by atoms with Crippen LogP contribution < -0.4 is 5.73 Å². The molecule has 0 aliphatic heterocycles. The number of hydrogen-bond donors (Lipinski definition) is 1. The van der Waals surface area contributed by atoms with Gasteiger partial charge in [0.25, 0.3) is 5.91 Å². The Balaban J connectivity index is 1.44. The van der Waals surface area contributed by atoms with Gasteiger partial charge in [-0.1, -0.05) is 11.3 Å². The van der Waals surface area contributed by atoms with E-state index in [0.29, 0.717) is 12.2 Å². The number of hydrogen-bond acceptors (Lipinski definition) is 6. The first-order valence-electron chi connectivity index (χ1n) is 9.22. The normalized spacial score (nSPS) is 19.9. The Labute approximate surface area is 157 Å². The van der Waals surface area contributed by atoms with E-state index in [1.807, 2.05) is 22.9 Å². The van der Waals surface area contributed by atoms with E-state index in [0.717, 1.165) is 42.3 Å². The van der Waals surface area contributed by atoms with Crippen molar-refractivity contribution in [3.8, 4) is 0 Å². The summed E-state index contributed by atoms with van der Waals surface area (Å²) >= 11 is 0. The maximum absolute atomic E-state index is 12.7. The van der Waals surface area contributed by atoms with Gasteiger partial charge in [-0.15, -0.1) is 5.10 Å². The zero-order valence-electron chi connectivity index (χ0n) is 15.3. The number of carbonyl (C=O) groups is 1. The molecule has 1 aromatic carbocycles. The monoisotopic (exact) mass is 365 g/mol. The highest BCUT2D eigenvalue weighted by atomic mass is 16.2. The molecule has 2 N–H and O–H groups in total. The molecule has 1 amide bonds. The second-order valence-corrected chi connectivity index (χ2v) is 7.19. The molecule has 0 unspecified atom stereocenters. The summed E-state index contributed by atoms with van der Waals surface area (Å²) in [6.07, 6.45) is 9.01. The van der Waals surface area contributed by atoms with Crippen molar-refractivity contribution in [1.29, 1.82) is 0 Å². The van der Waals surface area contributed by atoms with Gasteiger partial charge < -0.3 is 10.6 Å². The van der Waals surface area contributed by atoms with E-state index in [2.05, 4.69) is 20.3 Å². The fourth-order valence-corrected chi connectivity index (χ4v) is 3.57. The zero-order valence-corrected chi connectivity index (χ0v) is 15.3. The number of nitrogens with two attached hydrogens (primary N) is 1. The summed E-state index contributed by atoms with van der Waals surface area (Å²) in [7, 11) is 1.77. The number of fused-ring (bicyclic) bond motifs is 1. The van der Waals surface area contributed by atoms with Crippen molar-refractivity contribution in [2.45, 2.75) is 44.3 Å². The molecule has 27 heavy (non-hydrogen) atoms. The van der Waals surface area contributed by atoms with Crippen LogP contribution in [0.4, 0.5) is 0 Å². The van der Waals surface area contributed by atoms with Crippen LogP contribution in [-0.2, 0) is 6.54 Å². The number of benzene rings is 1. The van der Waals surface area contributed by atoms with Crippen LogP contribution in [0.1, 0.15) is 47.8 Å². The molecule has 0 saturated heterocycles. The van der Waals surface area contributed by atoms with E-state index >= 15 is 0 Å². The van der Waals surface area contributed by atoms with Crippen LogP contribution in [0, 0.1) is 0 Å². The molecule has 140 valence electrons. The van der Waals surface area contributed by atoms with Gasteiger partial charge in [0.05, 0.1) is 23.3 Å². The third-order valence-corrected chi connectivity index (χ3v) is 5.15. The van der Waals surface area contributed by atoms with Gasteiger partial charge >= 0.3 is 0 Å². The maximum atomic E-state index is 12.7. The van der Waals surface area contributed by atoms with Gasteiger partial charge in [0.2, 0.25) is 0 Å². The largest absolute Gasteiger partial charge is 0.336 e. The van der Waals surface area contributed by atoms with Gasteiger partial charge in [0.1, 0.15) is 0 Å². The Morgan fingerprint density at radius 2 is 1.93 bits per heavy atom. The van der Waals surface area contributed by atoms with Crippen molar-refractivity contribution in [2.24, 2.45) is 5.73 Å². The molecule has 8 heteroatoms. The molecule has 0 bridgehead atoms. The minimum absolute atomic E-state index is 0.145. The molecule has 1 saturated carbocycles. The Bertz CT molecular complexity index is 946. The van der Waals surface area contributed by atoms with Gasteiger partial charge in [0.15, 0.2) is 5.69 Å². The highest BCUT2D eigenvalue weighted by Gasteiger charge is 2.23. The molecule has 3 aromatic rings. The smallest absolute Gasteiger partial charge is 0.276 e. The highest BCUT2D eigenvalue weighted by Crippen LogP contribution is 2.27. The molecule has 0 radical (unpaired) electrons. The summed E-state index contributed by atoms with van der Waals surface area (Å²) in [5.74, 6) is -0.145. The molecule has 8 nitrogen and oxygen atoms in total. The lowest BCUT2D eigenvalue weighted by molar-refractivity contribution is 0.0779. The van der Waals surface area contributed by atoms with E-state index < -0.39 is 0 Å². The minimum atomic E-state index is -0.145. The molecule has 1 fully saturated rings. The maximum Gasteiger partial charge on any atom is 0.276 e. The Morgan fingerprint density at radius 1 is 1.19 bits per heavy atom. The molecule has 0 atom stereocenters. The topological polar surface area (TPSA) is 103 Å². The fourth-order valence-electron chi connectivity index (χ4n) is 3.57. The van der Waals surface area contributed by atoms with E-state index in [4.69, 9.17) is 5.73 Å². The summed E-state index contributed by atoms with van der Waals surface area (Å²) in [6, 6.07) is 6.39. The SMILES string of the molecule is CN(Cc1ccc2nccnc2c1)C(=O)c1cn(C2CCC(N)CC2)nn1. The Morgan fingerprint density at radius 3 is 2.70 bits per heavy atom. The first kappa shape index (κ1) is 17.5. The van der Waals surface area contributed by atoms with Crippen LogP contribution in [0.3, 0.4) is 0 Å². The van der Waals surface area contributed by atoms with Gasteiger partial charge in [-0.3, -0.25) is 14.8 Å².